The highest BCUT2D eigenvalue weighted by Gasteiger charge is 1.99. The van der Waals surface area contributed by atoms with Gasteiger partial charge in [0.15, 0.2) is 0 Å². The molecule has 0 rings (SSSR count). The summed E-state index contributed by atoms with van der Waals surface area (Å²) in [6, 6.07) is 0. The average molecular weight is 173 g/mol. The van der Waals surface area contributed by atoms with E-state index in [-0.39, 0.29) is 12.5 Å². The molecule has 0 aliphatic heterocycles. The molecule has 0 unspecified atom stereocenters. The van der Waals surface area contributed by atoms with Gasteiger partial charge in [0.2, 0.25) is 0 Å². The van der Waals surface area contributed by atoms with E-state index in [2.05, 4.69) is 11.9 Å². The summed E-state index contributed by atoms with van der Waals surface area (Å²) in [5, 5.41) is 2.83. The van der Waals surface area contributed by atoms with E-state index >= 15 is 0 Å². The lowest BCUT2D eigenvalue weighted by Gasteiger charge is -2.03. The van der Waals surface area contributed by atoms with Crippen molar-refractivity contribution in [2.24, 2.45) is 0 Å². The van der Waals surface area contributed by atoms with Crippen LogP contribution in [-0.4, -0.2) is 39.4 Å². The molecule has 0 aliphatic rings. The number of nitrogens with one attached hydrogen (secondary N) is 1. The molecule has 0 radical (unpaired) electrons. The van der Waals surface area contributed by atoms with Gasteiger partial charge in [-0.2, -0.15) is 0 Å². The first-order valence-electron chi connectivity index (χ1n) is 3.77. The van der Waals surface area contributed by atoms with Crippen LogP contribution < -0.4 is 5.32 Å². The first-order chi connectivity index (χ1) is 5.81. The summed E-state index contributed by atoms with van der Waals surface area (Å²) >= 11 is 0. The fourth-order valence-electron chi connectivity index (χ4n) is 0.566. The van der Waals surface area contributed by atoms with Crippen molar-refractivity contribution in [1.29, 1.82) is 0 Å². The monoisotopic (exact) mass is 173 g/mol. The molecule has 70 valence electrons. The lowest BCUT2D eigenvalue weighted by molar-refractivity contribution is -0.143. The number of carbonyl (C=O) groups is 1. The molecule has 0 aliphatic carbocycles. The average Bonchev–Trinajstić information content (AvgIpc) is 2.06. The largest absolute Gasteiger partial charge is 0.462 e. The number of rotatable bonds is 7. The van der Waals surface area contributed by atoms with Crippen molar-refractivity contribution in [3.63, 3.8) is 0 Å². The first kappa shape index (κ1) is 11.1. The maximum atomic E-state index is 10.8. The summed E-state index contributed by atoms with van der Waals surface area (Å²) in [4.78, 5) is 10.8. The van der Waals surface area contributed by atoms with Crippen molar-refractivity contribution in [3.8, 4) is 0 Å². The van der Waals surface area contributed by atoms with E-state index in [0.29, 0.717) is 19.8 Å². The van der Waals surface area contributed by atoms with Gasteiger partial charge in [-0.15, -0.1) is 6.58 Å². The molecular formula is C8H15NO3. The minimum atomic E-state index is -0.270. The molecule has 0 heterocycles. The first-order valence-corrected chi connectivity index (χ1v) is 3.77. The molecule has 0 aromatic carbocycles. The van der Waals surface area contributed by atoms with Gasteiger partial charge in [0.25, 0.3) is 0 Å². The minimum absolute atomic E-state index is 0.218. The molecule has 0 amide bonds. The number of ether oxygens (including phenoxy) is 2. The standard InChI is InChI=1S/C8H15NO3/c1-3-4-9-7-8(10)12-6-5-11-2/h3,9H,1,4-7H2,2H3. The Morgan fingerprint density at radius 1 is 1.58 bits per heavy atom. The van der Waals surface area contributed by atoms with E-state index in [1.807, 2.05) is 0 Å². The van der Waals surface area contributed by atoms with E-state index in [4.69, 9.17) is 9.47 Å². The Morgan fingerprint density at radius 2 is 2.33 bits per heavy atom. The van der Waals surface area contributed by atoms with Crippen LogP contribution in [0.15, 0.2) is 12.7 Å². The Morgan fingerprint density at radius 3 is 2.92 bits per heavy atom. The summed E-state index contributed by atoms with van der Waals surface area (Å²) in [6.07, 6.45) is 1.68. The fourth-order valence-corrected chi connectivity index (χ4v) is 0.566. The van der Waals surface area contributed by atoms with Gasteiger partial charge in [-0.3, -0.25) is 4.79 Å². The van der Waals surface area contributed by atoms with E-state index in [1.165, 1.54) is 0 Å². The summed E-state index contributed by atoms with van der Waals surface area (Å²) in [6.45, 7) is 5.08. The summed E-state index contributed by atoms with van der Waals surface area (Å²) in [7, 11) is 1.56. The molecule has 12 heavy (non-hydrogen) atoms. The van der Waals surface area contributed by atoms with Gasteiger partial charge >= 0.3 is 5.97 Å². The van der Waals surface area contributed by atoms with Crippen molar-refractivity contribution in [2.45, 2.75) is 0 Å². The van der Waals surface area contributed by atoms with Crippen molar-refractivity contribution < 1.29 is 14.3 Å². The van der Waals surface area contributed by atoms with Gasteiger partial charge in [0.05, 0.1) is 13.2 Å². The maximum absolute atomic E-state index is 10.8. The Kier molecular flexibility index (Phi) is 7.63. The number of methoxy groups -OCH3 is 1. The van der Waals surface area contributed by atoms with Crippen LogP contribution in [-0.2, 0) is 14.3 Å². The molecule has 0 bridgehead atoms. The lowest BCUT2D eigenvalue weighted by atomic mass is 10.5. The van der Waals surface area contributed by atoms with Gasteiger partial charge in [0.1, 0.15) is 6.61 Å². The van der Waals surface area contributed by atoms with Crippen molar-refractivity contribution in [3.05, 3.63) is 12.7 Å². The Balaban J connectivity index is 3.15. The van der Waals surface area contributed by atoms with Crippen LogP contribution in [0.25, 0.3) is 0 Å². The van der Waals surface area contributed by atoms with Gasteiger partial charge in [0, 0.05) is 13.7 Å². The summed E-state index contributed by atoms with van der Waals surface area (Å²) in [5.41, 5.74) is 0. The second-order valence-electron chi connectivity index (χ2n) is 2.13. The Labute approximate surface area is 72.5 Å². The smallest absolute Gasteiger partial charge is 0.320 e. The minimum Gasteiger partial charge on any atom is -0.462 e. The third-order valence-corrected chi connectivity index (χ3v) is 1.11. The number of hydrogen-bond acceptors (Lipinski definition) is 4. The van der Waals surface area contributed by atoms with Crippen LogP contribution in [0.3, 0.4) is 0 Å². The second kappa shape index (κ2) is 8.23. The van der Waals surface area contributed by atoms with Crippen LogP contribution in [0.5, 0.6) is 0 Å². The molecule has 1 N–H and O–H groups in total. The van der Waals surface area contributed by atoms with E-state index in [0.717, 1.165) is 0 Å². The number of esters is 1. The van der Waals surface area contributed by atoms with Crippen LogP contribution in [0.1, 0.15) is 0 Å². The summed E-state index contributed by atoms with van der Waals surface area (Å²) in [5.74, 6) is -0.270. The van der Waals surface area contributed by atoms with Gasteiger partial charge in [-0.1, -0.05) is 6.08 Å². The van der Waals surface area contributed by atoms with Gasteiger partial charge in [-0.25, -0.2) is 0 Å². The highest BCUT2D eigenvalue weighted by atomic mass is 16.6. The maximum Gasteiger partial charge on any atom is 0.320 e. The van der Waals surface area contributed by atoms with E-state index < -0.39 is 0 Å². The molecule has 0 saturated carbocycles. The molecule has 4 nitrogen and oxygen atoms in total. The predicted octanol–water partition coefficient (Wildman–Crippen LogP) is -0.0484. The number of hydrogen-bond donors (Lipinski definition) is 1. The molecular weight excluding hydrogens is 158 g/mol. The van der Waals surface area contributed by atoms with Crippen LogP contribution >= 0.6 is 0 Å². The molecule has 0 aromatic heterocycles. The zero-order valence-corrected chi connectivity index (χ0v) is 7.34. The number of carbonyl (C=O) groups excluding carboxylic acids is 1. The molecule has 4 heteroatoms. The highest BCUT2D eigenvalue weighted by molar-refractivity contribution is 5.71. The van der Waals surface area contributed by atoms with E-state index in [9.17, 15) is 4.79 Å². The van der Waals surface area contributed by atoms with Crippen molar-refractivity contribution in [1.82, 2.24) is 5.32 Å². The Hall–Kier alpha value is -0.870. The second-order valence-corrected chi connectivity index (χ2v) is 2.13. The molecule has 0 aromatic rings. The normalized spacial score (nSPS) is 9.42. The SMILES string of the molecule is C=CCNCC(=O)OCCOC. The molecule has 0 spiro atoms. The molecule has 0 fully saturated rings. The quantitative estimate of drug-likeness (QED) is 0.333. The van der Waals surface area contributed by atoms with Crippen molar-refractivity contribution in [2.75, 3.05) is 33.4 Å². The Bertz CT molecular complexity index is 136. The van der Waals surface area contributed by atoms with Crippen LogP contribution in [0, 0.1) is 0 Å². The molecule has 0 atom stereocenters. The summed E-state index contributed by atoms with van der Waals surface area (Å²) < 4.78 is 9.47. The molecule has 0 saturated heterocycles. The highest BCUT2D eigenvalue weighted by Crippen LogP contribution is 1.77. The topological polar surface area (TPSA) is 47.6 Å². The zero-order valence-electron chi connectivity index (χ0n) is 7.34. The third kappa shape index (κ3) is 7.24. The van der Waals surface area contributed by atoms with Gasteiger partial charge < -0.3 is 14.8 Å². The predicted molar refractivity (Wildman–Crippen MR) is 45.9 cm³/mol. The van der Waals surface area contributed by atoms with Crippen LogP contribution in [0.2, 0.25) is 0 Å². The lowest BCUT2D eigenvalue weighted by Crippen LogP contribution is -2.25. The third-order valence-electron chi connectivity index (χ3n) is 1.11. The van der Waals surface area contributed by atoms with E-state index in [1.54, 1.807) is 13.2 Å². The van der Waals surface area contributed by atoms with Gasteiger partial charge in [-0.05, 0) is 0 Å². The fraction of sp³-hybridized carbons (Fsp3) is 0.625. The van der Waals surface area contributed by atoms with Crippen molar-refractivity contribution >= 4 is 5.97 Å². The zero-order chi connectivity index (χ0) is 9.23. The van der Waals surface area contributed by atoms with Crippen LogP contribution in [0.4, 0.5) is 0 Å².